The number of morpholine rings is 1. The SMILES string of the molecule is CCCCOc1ccc(C2c3c(-c4ccc(OC)cc4)n[nH]c3C(=O)N2CCN2CCOCC2)cc1OCC. The van der Waals surface area contributed by atoms with Crippen molar-refractivity contribution in [2.45, 2.75) is 32.7 Å². The lowest BCUT2D eigenvalue weighted by Crippen LogP contribution is -2.42. The quantitative estimate of drug-likeness (QED) is 0.341. The highest BCUT2D eigenvalue weighted by Gasteiger charge is 2.42. The Bertz CT molecular complexity index is 1250. The van der Waals surface area contributed by atoms with Gasteiger partial charge in [0.1, 0.15) is 11.4 Å². The summed E-state index contributed by atoms with van der Waals surface area (Å²) >= 11 is 0. The summed E-state index contributed by atoms with van der Waals surface area (Å²) in [5, 5.41) is 7.66. The van der Waals surface area contributed by atoms with Crippen LogP contribution in [-0.2, 0) is 4.74 Å². The summed E-state index contributed by atoms with van der Waals surface area (Å²) in [6.07, 6.45) is 2.03. The standard InChI is InChI=1S/C30H38N4O5/c1-4-6-17-39-24-12-9-22(20-25(24)38-5-2)29-26-27(21-7-10-23(36-3)11-8-21)31-32-28(26)30(35)34(29)14-13-33-15-18-37-19-16-33/h7-12,20,29H,4-6,13-19H2,1-3H3,(H,31,32). The molecule has 0 spiro atoms. The second-order valence-electron chi connectivity index (χ2n) is 9.79. The Balaban J connectivity index is 1.53. The highest BCUT2D eigenvalue weighted by molar-refractivity contribution is 6.00. The summed E-state index contributed by atoms with van der Waals surface area (Å²) in [5.74, 6) is 2.14. The van der Waals surface area contributed by atoms with Crippen molar-refractivity contribution in [3.05, 3.63) is 59.3 Å². The van der Waals surface area contributed by atoms with Crippen LogP contribution in [0, 0.1) is 0 Å². The molecule has 1 saturated heterocycles. The fraction of sp³-hybridized carbons (Fsp3) is 0.467. The Morgan fingerprint density at radius 3 is 2.54 bits per heavy atom. The molecule has 0 bridgehead atoms. The van der Waals surface area contributed by atoms with E-state index in [1.54, 1.807) is 7.11 Å². The van der Waals surface area contributed by atoms with E-state index in [1.807, 2.05) is 54.3 Å². The molecule has 2 aliphatic rings. The molecule has 1 aromatic heterocycles. The third-order valence-corrected chi connectivity index (χ3v) is 7.33. The van der Waals surface area contributed by atoms with Crippen molar-refractivity contribution >= 4 is 5.91 Å². The van der Waals surface area contributed by atoms with E-state index >= 15 is 0 Å². The van der Waals surface area contributed by atoms with Crippen LogP contribution in [0.15, 0.2) is 42.5 Å². The first kappa shape index (κ1) is 27.0. The Hall–Kier alpha value is -3.56. The number of fused-ring (bicyclic) bond motifs is 1. The predicted octanol–water partition coefficient (Wildman–Crippen LogP) is 4.54. The fourth-order valence-corrected chi connectivity index (χ4v) is 5.23. The van der Waals surface area contributed by atoms with Crippen molar-refractivity contribution in [2.75, 3.05) is 59.7 Å². The minimum absolute atomic E-state index is 0.0447. The molecular formula is C30H38N4O5. The molecule has 2 aromatic carbocycles. The van der Waals surface area contributed by atoms with Crippen LogP contribution in [-0.4, -0.2) is 85.6 Å². The van der Waals surface area contributed by atoms with Gasteiger partial charge in [-0.1, -0.05) is 19.4 Å². The van der Waals surface area contributed by atoms with Crippen molar-refractivity contribution in [2.24, 2.45) is 0 Å². The molecule has 0 aliphatic carbocycles. The summed E-state index contributed by atoms with van der Waals surface area (Å²) in [6, 6.07) is 13.5. The van der Waals surface area contributed by atoms with Crippen LogP contribution in [0.25, 0.3) is 11.3 Å². The minimum Gasteiger partial charge on any atom is -0.497 e. The van der Waals surface area contributed by atoms with Gasteiger partial charge in [-0.15, -0.1) is 0 Å². The first-order chi connectivity index (χ1) is 19.1. The van der Waals surface area contributed by atoms with E-state index < -0.39 is 0 Å². The monoisotopic (exact) mass is 534 g/mol. The van der Waals surface area contributed by atoms with Crippen molar-refractivity contribution in [1.82, 2.24) is 20.0 Å². The first-order valence-corrected chi connectivity index (χ1v) is 13.9. The van der Waals surface area contributed by atoms with Gasteiger partial charge in [0.15, 0.2) is 11.5 Å². The number of H-pyrrole nitrogens is 1. The maximum Gasteiger partial charge on any atom is 0.273 e. The van der Waals surface area contributed by atoms with E-state index in [0.717, 1.165) is 79.6 Å². The average Bonchev–Trinajstić information content (AvgIpc) is 3.52. The van der Waals surface area contributed by atoms with E-state index in [1.165, 1.54) is 0 Å². The van der Waals surface area contributed by atoms with E-state index in [-0.39, 0.29) is 11.9 Å². The topological polar surface area (TPSA) is 89.2 Å². The van der Waals surface area contributed by atoms with Crippen LogP contribution in [0.3, 0.4) is 0 Å². The molecule has 9 heteroatoms. The number of aromatic nitrogens is 2. The van der Waals surface area contributed by atoms with Crippen LogP contribution >= 0.6 is 0 Å². The van der Waals surface area contributed by atoms with E-state index in [9.17, 15) is 4.79 Å². The molecule has 3 aromatic rings. The Kier molecular flexibility index (Phi) is 8.68. The molecular weight excluding hydrogens is 496 g/mol. The first-order valence-electron chi connectivity index (χ1n) is 13.9. The van der Waals surface area contributed by atoms with Crippen molar-refractivity contribution in [3.8, 4) is 28.5 Å². The second kappa shape index (κ2) is 12.5. The molecule has 39 heavy (non-hydrogen) atoms. The Labute approximate surface area is 230 Å². The van der Waals surface area contributed by atoms with Crippen LogP contribution in [0.5, 0.6) is 17.2 Å². The van der Waals surface area contributed by atoms with Crippen LogP contribution in [0.4, 0.5) is 0 Å². The van der Waals surface area contributed by atoms with Gasteiger partial charge in [0.2, 0.25) is 0 Å². The number of unbranched alkanes of at least 4 members (excludes halogenated alkanes) is 1. The van der Waals surface area contributed by atoms with Crippen molar-refractivity contribution in [1.29, 1.82) is 0 Å². The maximum absolute atomic E-state index is 13.8. The molecule has 1 amide bonds. The normalized spacial score (nSPS) is 17.4. The number of aromatic amines is 1. The lowest BCUT2D eigenvalue weighted by atomic mass is 9.95. The molecule has 0 saturated carbocycles. The van der Waals surface area contributed by atoms with Gasteiger partial charge in [-0.25, -0.2) is 0 Å². The second-order valence-corrected chi connectivity index (χ2v) is 9.79. The Morgan fingerprint density at radius 2 is 1.82 bits per heavy atom. The number of amides is 1. The lowest BCUT2D eigenvalue weighted by Gasteiger charge is -2.31. The lowest BCUT2D eigenvalue weighted by molar-refractivity contribution is 0.0316. The molecule has 5 rings (SSSR count). The number of hydrogen-bond donors (Lipinski definition) is 1. The summed E-state index contributed by atoms with van der Waals surface area (Å²) in [7, 11) is 1.65. The van der Waals surface area contributed by atoms with Gasteiger partial charge in [0, 0.05) is 37.3 Å². The third-order valence-electron chi connectivity index (χ3n) is 7.33. The van der Waals surface area contributed by atoms with Gasteiger partial charge in [-0.3, -0.25) is 14.8 Å². The molecule has 1 fully saturated rings. The molecule has 3 heterocycles. The van der Waals surface area contributed by atoms with Gasteiger partial charge >= 0.3 is 0 Å². The van der Waals surface area contributed by atoms with E-state index in [0.29, 0.717) is 31.2 Å². The van der Waals surface area contributed by atoms with Gasteiger partial charge in [0.05, 0.1) is 45.3 Å². The zero-order valence-electron chi connectivity index (χ0n) is 23.1. The summed E-state index contributed by atoms with van der Waals surface area (Å²) in [4.78, 5) is 18.1. The number of carbonyl (C=O) groups is 1. The Morgan fingerprint density at radius 1 is 1.03 bits per heavy atom. The summed E-state index contributed by atoms with van der Waals surface area (Å²) < 4.78 is 22.9. The molecule has 2 aliphatic heterocycles. The summed E-state index contributed by atoms with van der Waals surface area (Å²) in [5.41, 5.74) is 4.07. The predicted molar refractivity (Wildman–Crippen MR) is 149 cm³/mol. The highest BCUT2D eigenvalue weighted by Crippen LogP contribution is 2.44. The minimum atomic E-state index is -0.312. The smallest absolute Gasteiger partial charge is 0.273 e. The highest BCUT2D eigenvalue weighted by atomic mass is 16.5. The van der Waals surface area contributed by atoms with Gasteiger partial charge in [-0.2, -0.15) is 5.10 Å². The van der Waals surface area contributed by atoms with E-state index in [2.05, 4.69) is 22.0 Å². The summed E-state index contributed by atoms with van der Waals surface area (Å²) in [6.45, 7) is 9.81. The molecule has 208 valence electrons. The van der Waals surface area contributed by atoms with Crippen molar-refractivity contribution < 1.29 is 23.7 Å². The molecule has 1 atom stereocenters. The van der Waals surface area contributed by atoms with Gasteiger partial charge < -0.3 is 23.8 Å². The fourth-order valence-electron chi connectivity index (χ4n) is 5.23. The molecule has 0 radical (unpaired) electrons. The van der Waals surface area contributed by atoms with E-state index in [4.69, 9.17) is 18.9 Å². The average molecular weight is 535 g/mol. The number of methoxy groups -OCH3 is 1. The number of ether oxygens (including phenoxy) is 4. The number of benzene rings is 2. The number of nitrogens with zero attached hydrogens (tertiary/aromatic N) is 3. The molecule has 9 nitrogen and oxygen atoms in total. The van der Waals surface area contributed by atoms with Crippen molar-refractivity contribution in [3.63, 3.8) is 0 Å². The van der Waals surface area contributed by atoms with Gasteiger partial charge in [-0.05, 0) is 55.3 Å². The zero-order chi connectivity index (χ0) is 27.2. The van der Waals surface area contributed by atoms with Gasteiger partial charge in [0.25, 0.3) is 5.91 Å². The number of rotatable bonds is 12. The largest absolute Gasteiger partial charge is 0.497 e. The zero-order valence-corrected chi connectivity index (χ0v) is 23.1. The van der Waals surface area contributed by atoms with Crippen LogP contribution < -0.4 is 14.2 Å². The van der Waals surface area contributed by atoms with Crippen LogP contribution in [0.1, 0.15) is 54.3 Å². The number of hydrogen-bond acceptors (Lipinski definition) is 7. The number of nitrogens with one attached hydrogen (secondary N) is 1. The maximum atomic E-state index is 13.8. The van der Waals surface area contributed by atoms with Crippen LogP contribution in [0.2, 0.25) is 0 Å². The number of carbonyl (C=O) groups excluding carboxylic acids is 1. The third kappa shape index (κ3) is 5.74. The molecule has 1 N–H and O–H groups in total. The molecule has 1 unspecified atom stereocenters.